The highest BCUT2D eigenvalue weighted by Gasteiger charge is 2.24. The third-order valence-electron chi connectivity index (χ3n) is 2.23. The fourth-order valence-electron chi connectivity index (χ4n) is 1.19. The van der Waals surface area contributed by atoms with E-state index in [0.29, 0.717) is 6.54 Å². The van der Waals surface area contributed by atoms with E-state index in [9.17, 15) is 0 Å². The van der Waals surface area contributed by atoms with Gasteiger partial charge in [0, 0.05) is 23.4 Å². The van der Waals surface area contributed by atoms with Crippen LogP contribution in [0.4, 0.5) is 0 Å². The minimum absolute atomic E-state index is 0.0388. The smallest absolute Gasteiger partial charge is 0.0440 e. The van der Waals surface area contributed by atoms with Crippen molar-refractivity contribution < 1.29 is 5.11 Å². The molecule has 1 heterocycles. The van der Waals surface area contributed by atoms with Crippen molar-refractivity contribution in [3.63, 3.8) is 0 Å². The molecule has 0 saturated carbocycles. The Morgan fingerprint density at radius 3 is 2.83 bits per heavy atom. The molecule has 2 nitrogen and oxygen atoms in total. The van der Waals surface area contributed by atoms with Gasteiger partial charge in [-0.2, -0.15) is 0 Å². The lowest BCUT2D eigenvalue weighted by molar-refractivity contribution is 0.248. The Morgan fingerprint density at radius 1 is 1.67 bits per heavy atom. The molecule has 0 fully saturated rings. The van der Waals surface area contributed by atoms with Crippen molar-refractivity contribution in [1.29, 1.82) is 0 Å². The van der Waals surface area contributed by atoms with Gasteiger partial charge in [0.05, 0.1) is 0 Å². The summed E-state index contributed by atoms with van der Waals surface area (Å²) in [5.41, 5.74) is 5.64. The summed E-state index contributed by atoms with van der Waals surface area (Å²) in [5.74, 6) is 0. The average molecular weight is 185 g/mol. The topological polar surface area (TPSA) is 46.2 Å². The summed E-state index contributed by atoms with van der Waals surface area (Å²) in [6.45, 7) is 2.88. The van der Waals surface area contributed by atoms with Gasteiger partial charge in [-0.05, 0) is 17.9 Å². The lowest BCUT2D eigenvalue weighted by Crippen LogP contribution is -2.31. The molecule has 68 valence electrons. The molecule has 3 heteroatoms. The maximum absolute atomic E-state index is 8.88. The van der Waals surface area contributed by atoms with E-state index in [0.717, 1.165) is 6.42 Å². The quantitative estimate of drug-likeness (QED) is 0.743. The van der Waals surface area contributed by atoms with E-state index < -0.39 is 0 Å². The zero-order valence-electron chi connectivity index (χ0n) is 7.29. The fraction of sp³-hybridized carbons (Fsp3) is 0.556. The van der Waals surface area contributed by atoms with Gasteiger partial charge in [0.2, 0.25) is 0 Å². The second kappa shape index (κ2) is 4.03. The SMILES string of the molecule is CC(CN)(CCO)c1cccs1. The molecule has 0 saturated heterocycles. The summed E-state index contributed by atoms with van der Waals surface area (Å²) in [6.07, 6.45) is 0.740. The van der Waals surface area contributed by atoms with Crippen LogP contribution in [0.2, 0.25) is 0 Å². The first-order chi connectivity index (χ1) is 5.73. The second-order valence-corrected chi connectivity index (χ2v) is 4.16. The third-order valence-corrected chi connectivity index (χ3v) is 3.41. The molecule has 1 rings (SSSR count). The van der Waals surface area contributed by atoms with Crippen LogP contribution >= 0.6 is 11.3 Å². The van der Waals surface area contributed by atoms with Crippen molar-refractivity contribution >= 4 is 11.3 Å². The maximum atomic E-state index is 8.88. The fourth-order valence-corrected chi connectivity index (χ4v) is 2.13. The number of nitrogens with two attached hydrogens (primary N) is 1. The Kier molecular flexibility index (Phi) is 3.26. The predicted octanol–water partition coefficient (Wildman–Crippen LogP) is 1.35. The van der Waals surface area contributed by atoms with Crippen molar-refractivity contribution in [2.75, 3.05) is 13.2 Å². The van der Waals surface area contributed by atoms with E-state index in [-0.39, 0.29) is 12.0 Å². The predicted molar refractivity (Wildman–Crippen MR) is 52.4 cm³/mol. The normalized spacial score (nSPS) is 15.9. The summed E-state index contributed by atoms with van der Waals surface area (Å²) < 4.78 is 0. The molecule has 12 heavy (non-hydrogen) atoms. The van der Waals surface area contributed by atoms with Crippen molar-refractivity contribution in [2.45, 2.75) is 18.8 Å². The van der Waals surface area contributed by atoms with E-state index in [1.165, 1.54) is 4.88 Å². The lowest BCUT2D eigenvalue weighted by atomic mass is 9.86. The molecule has 0 aliphatic rings. The summed E-state index contributed by atoms with van der Waals surface area (Å²) in [7, 11) is 0. The van der Waals surface area contributed by atoms with Crippen LogP contribution in [0.5, 0.6) is 0 Å². The van der Waals surface area contributed by atoms with Gasteiger partial charge in [-0.3, -0.25) is 0 Å². The van der Waals surface area contributed by atoms with E-state index >= 15 is 0 Å². The first-order valence-electron chi connectivity index (χ1n) is 4.08. The molecular weight excluding hydrogens is 170 g/mol. The van der Waals surface area contributed by atoms with Crippen LogP contribution in [0.3, 0.4) is 0 Å². The van der Waals surface area contributed by atoms with Gasteiger partial charge in [-0.1, -0.05) is 13.0 Å². The molecule has 0 spiro atoms. The summed E-state index contributed by atoms with van der Waals surface area (Å²) >= 11 is 1.70. The van der Waals surface area contributed by atoms with Crippen molar-refractivity contribution in [1.82, 2.24) is 0 Å². The number of aliphatic hydroxyl groups excluding tert-OH is 1. The summed E-state index contributed by atoms with van der Waals surface area (Å²) in [5, 5.41) is 10.9. The molecule has 0 radical (unpaired) electrons. The minimum atomic E-state index is -0.0388. The molecule has 0 aliphatic carbocycles. The number of thiophene rings is 1. The Morgan fingerprint density at radius 2 is 2.42 bits per heavy atom. The highest BCUT2D eigenvalue weighted by atomic mass is 32.1. The van der Waals surface area contributed by atoms with Crippen molar-refractivity contribution in [3.05, 3.63) is 22.4 Å². The summed E-state index contributed by atoms with van der Waals surface area (Å²) in [4.78, 5) is 1.26. The van der Waals surface area contributed by atoms with Crippen molar-refractivity contribution in [3.8, 4) is 0 Å². The van der Waals surface area contributed by atoms with Gasteiger partial charge in [0.1, 0.15) is 0 Å². The minimum Gasteiger partial charge on any atom is -0.396 e. The average Bonchev–Trinajstić information content (AvgIpc) is 2.57. The van der Waals surface area contributed by atoms with Gasteiger partial charge < -0.3 is 10.8 Å². The molecular formula is C9H15NOS. The number of aliphatic hydroxyl groups is 1. The molecule has 0 bridgehead atoms. The zero-order valence-corrected chi connectivity index (χ0v) is 8.10. The molecule has 1 atom stereocenters. The largest absolute Gasteiger partial charge is 0.396 e. The maximum Gasteiger partial charge on any atom is 0.0440 e. The van der Waals surface area contributed by atoms with E-state index in [1.54, 1.807) is 11.3 Å². The van der Waals surface area contributed by atoms with E-state index in [2.05, 4.69) is 13.0 Å². The zero-order chi connectivity index (χ0) is 9.03. The Balaban J connectivity index is 2.80. The first kappa shape index (κ1) is 9.71. The van der Waals surface area contributed by atoms with Gasteiger partial charge in [0.25, 0.3) is 0 Å². The van der Waals surface area contributed by atoms with Gasteiger partial charge in [-0.15, -0.1) is 11.3 Å². The van der Waals surface area contributed by atoms with Crippen LogP contribution in [0.1, 0.15) is 18.2 Å². The highest BCUT2D eigenvalue weighted by molar-refractivity contribution is 7.10. The van der Waals surface area contributed by atoms with Crippen LogP contribution in [0.15, 0.2) is 17.5 Å². The van der Waals surface area contributed by atoms with Gasteiger partial charge >= 0.3 is 0 Å². The van der Waals surface area contributed by atoms with Crippen LogP contribution in [0, 0.1) is 0 Å². The number of hydrogen-bond acceptors (Lipinski definition) is 3. The lowest BCUT2D eigenvalue weighted by Gasteiger charge is -2.25. The first-order valence-corrected chi connectivity index (χ1v) is 4.96. The number of rotatable bonds is 4. The Hall–Kier alpha value is -0.380. The third kappa shape index (κ3) is 1.86. The van der Waals surface area contributed by atoms with E-state index in [4.69, 9.17) is 10.8 Å². The molecule has 1 aromatic heterocycles. The highest BCUT2D eigenvalue weighted by Crippen LogP contribution is 2.29. The van der Waals surface area contributed by atoms with Crippen molar-refractivity contribution in [2.24, 2.45) is 5.73 Å². The van der Waals surface area contributed by atoms with Crippen LogP contribution < -0.4 is 5.73 Å². The molecule has 0 amide bonds. The Bertz CT molecular complexity index is 222. The molecule has 1 unspecified atom stereocenters. The molecule has 3 N–H and O–H groups in total. The molecule has 0 aromatic carbocycles. The number of hydrogen-bond donors (Lipinski definition) is 2. The molecule has 1 aromatic rings. The van der Waals surface area contributed by atoms with Crippen LogP contribution in [-0.4, -0.2) is 18.3 Å². The monoisotopic (exact) mass is 185 g/mol. The van der Waals surface area contributed by atoms with Gasteiger partial charge in [-0.25, -0.2) is 0 Å². The Labute approximate surface area is 77.0 Å². The van der Waals surface area contributed by atoms with Crippen LogP contribution in [-0.2, 0) is 5.41 Å². The van der Waals surface area contributed by atoms with Crippen LogP contribution in [0.25, 0.3) is 0 Å². The standard InChI is InChI=1S/C9H15NOS/c1-9(7-10,4-5-11)8-3-2-6-12-8/h2-3,6,11H,4-5,7,10H2,1H3. The van der Waals surface area contributed by atoms with Gasteiger partial charge in [0.15, 0.2) is 0 Å². The molecule has 0 aliphatic heterocycles. The second-order valence-electron chi connectivity index (χ2n) is 3.22. The summed E-state index contributed by atoms with van der Waals surface area (Å²) in [6, 6.07) is 4.10. The van der Waals surface area contributed by atoms with E-state index in [1.807, 2.05) is 11.4 Å².